The molecule has 0 fully saturated rings. The molecule has 0 atom stereocenters. The van der Waals surface area contributed by atoms with Crippen LogP contribution in [-0.4, -0.2) is 26.9 Å². The molecule has 2 rings (SSSR count). The lowest BCUT2D eigenvalue weighted by Crippen LogP contribution is -2.28. The summed E-state index contributed by atoms with van der Waals surface area (Å²) < 4.78 is 1.62. The monoisotopic (exact) mass is 230 g/mol. The molecular weight excluding hydrogens is 215 g/mol. The summed E-state index contributed by atoms with van der Waals surface area (Å²) in [6, 6.07) is 8.04. The molecule has 0 bridgehead atoms. The lowest BCUT2D eigenvalue weighted by molar-refractivity contribution is 0.426. The van der Waals surface area contributed by atoms with E-state index in [-0.39, 0.29) is 0 Å². The van der Waals surface area contributed by atoms with E-state index in [0.29, 0.717) is 11.4 Å². The molecule has 1 heterocycles. The van der Waals surface area contributed by atoms with Crippen LogP contribution >= 0.6 is 0 Å². The van der Waals surface area contributed by atoms with Crippen molar-refractivity contribution in [1.82, 2.24) is 9.78 Å². The summed E-state index contributed by atoms with van der Waals surface area (Å²) in [5.74, 6) is 0.497. The second-order valence-electron chi connectivity index (χ2n) is 4.34. The maximum absolute atomic E-state index is 9.00. The van der Waals surface area contributed by atoms with Gasteiger partial charge in [-0.1, -0.05) is 26.0 Å². The Morgan fingerprint density at radius 3 is 2.29 bits per heavy atom. The van der Waals surface area contributed by atoms with Gasteiger partial charge in [-0.2, -0.15) is 5.10 Å². The van der Waals surface area contributed by atoms with E-state index in [1.807, 2.05) is 12.1 Å². The summed E-state index contributed by atoms with van der Waals surface area (Å²) in [5.41, 5.74) is 2.56. The number of nitrogens with zero attached hydrogens (tertiary/aromatic N) is 2. The van der Waals surface area contributed by atoms with Gasteiger partial charge in [0.25, 0.3) is 0 Å². The number of hydrogen-bond acceptors (Lipinski definition) is 3. The van der Waals surface area contributed by atoms with E-state index < -0.39 is 7.12 Å². The van der Waals surface area contributed by atoms with Crippen molar-refractivity contribution in [3.8, 4) is 5.69 Å². The Morgan fingerprint density at radius 1 is 1.18 bits per heavy atom. The molecular formula is C12H15BN2O2. The molecule has 0 aliphatic carbocycles. The molecule has 0 radical (unpaired) electrons. The van der Waals surface area contributed by atoms with Gasteiger partial charge in [0.1, 0.15) is 0 Å². The summed E-state index contributed by atoms with van der Waals surface area (Å²) in [6.07, 6.45) is 3.05. The first-order valence-corrected chi connectivity index (χ1v) is 5.59. The Balaban J connectivity index is 2.27. The second kappa shape index (κ2) is 4.73. The van der Waals surface area contributed by atoms with Crippen LogP contribution in [0.3, 0.4) is 0 Å². The molecule has 0 amide bonds. The first-order valence-electron chi connectivity index (χ1n) is 5.59. The van der Waals surface area contributed by atoms with Crippen molar-refractivity contribution in [3.63, 3.8) is 0 Å². The molecule has 0 unspecified atom stereocenters. The van der Waals surface area contributed by atoms with Gasteiger partial charge >= 0.3 is 7.12 Å². The molecule has 17 heavy (non-hydrogen) atoms. The Kier molecular flexibility index (Phi) is 3.31. The fourth-order valence-electron chi connectivity index (χ4n) is 1.62. The van der Waals surface area contributed by atoms with Crippen molar-refractivity contribution >= 4 is 12.6 Å². The van der Waals surface area contributed by atoms with Gasteiger partial charge < -0.3 is 10.0 Å². The third-order valence-corrected chi connectivity index (χ3v) is 2.73. The van der Waals surface area contributed by atoms with Crippen LogP contribution in [0.2, 0.25) is 0 Å². The van der Waals surface area contributed by atoms with Gasteiger partial charge in [-0.05, 0) is 23.6 Å². The smallest absolute Gasteiger partial charge is 0.423 e. The largest absolute Gasteiger partial charge is 0.491 e. The first kappa shape index (κ1) is 11.9. The third-order valence-electron chi connectivity index (χ3n) is 2.73. The molecule has 2 N–H and O–H groups in total. The van der Waals surface area contributed by atoms with Crippen LogP contribution in [0.25, 0.3) is 5.69 Å². The van der Waals surface area contributed by atoms with Crippen molar-refractivity contribution in [2.75, 3.05) is 0 Å². The molecule has 0 saturated carbocycles. The minimum Gasteiger partial charge on any atom is -0.423 e. The van der Waals surface area contributed by atoms with E-state index in [1.54, 1.807) is 10.9 Å². The lowest BCUT2D eigenvalue weighted by atomic mass is 9.83. The maximum atomic E-state index is 9.00. The van der Waals surface area contributed by atoms with Gasteiger partial charge in [-0.15, -0.1) is 0 Å². The molecule has 88 valence electrons. The van der Waals surface area contributed by atoms with Crippen LogP contribution in [0.1, 0.15) is 25.3 Å². The van der Waals surface area contributed by atoms with Crippen molar-refractivity contribution in [3.05, 3.63) is 42.2 Å². The van der Waals surface area contributed by atoms with E-state index in [4.69, 9.17) is 10.0 Å². The number of benzene rings is 1. The average Bonchev–Trinajstić information content (AvgIpc) is 2.78. The molecule has 5 heteroatoms. The minimum absolute atomic E-state index is 0.387. The Bertz CT molecular complexity index is 491. The number of rotatable bonds is 3. The van der Waals surface area contributed by atoms with Crippen molar-refractivity contribution in [2.45, 2.75) is 19.8 Å². The van der Waals surface area contributed by atoms with E-state index >= 15 is 0 Å². The third kappa shape index (κ3) is 2.57. The fraction of sp³-hybridized carbons (Fsp3) is 0.250. The second-order valence-corrected chi connectivity index (χ2v) is 4.34. The highest BCUT2D eigenvalue weighted by Gasteiger charge is 2.13. The summed E-state index contributed by atoms with van der Waals surface area (Å²) in [5, 5.41) is 22.1. The Labute approximate surface area is 101 Å². The van der Waals surface area contributed by atoms with Crippen LogP contribution < -0.4 is 5.46 Å². The SMILES string of the molecule is CC(C)c1ccc(-n2cc(B(O)O)cn2)cc1. The zero-order valence-corrected chi connectivity index (χ0v) is 9.91. The highest BCUT2D eigenvalue weighted by molar-refractivity contribution is 6.58. The van der Waals surface area contributed by atoms with E-state index in [9.17, 15) is 0 Å². The molecule has 1 aromatic heterocycles. The highest BCUT2D eigenvalue weighted by atomic mass is 16.4. The van der Waals surface area contributed by atoms with Gasteiger partial charge in [0.15, 0.2) is 0 Å². The van der Waals surface area contributed by atoms with Crippen LogP contribution in [0.5, 0.6) is 0 Å². The van der Waals surface area contributed by atoms with Gasteiger partial charge in [0.2, 0.25) is 0 Å². The lowest BCUT2D eigenvalue weighted by Gasteiger charge is -2.06. The number of aromatic nitrogens is 2. The van der Waals surface area contributed by atoms with Crippen LogP contribution in [0.15, 0.2) is 36.7 Å². The van der Waals surface area contributed by atoms with E-state index in [1.165, 1.54) is 11.8 Å². The van der Waals surface area contributed by atoms with E-state index in [2.05, 4.69) is 31.1 Å². The topological polar surface area (TPSA) is 58.3 Å². The maximum Gasteiger partial charge on any atom is 0.491 e. The summed E-state index contributed by atoms with van der Waals surface area (Å²) >= 11 is 0. The van der Waals surface area contributed by atoms with E-state index in [0.717, 1.165) is 5.69 Å². The molecule has 1 aromatic carbocycles. The standard InChI is InChI=1S/C12H15BN2O2/c1-9(2)10-3-5-12(6-4-10)15-8-11(7-14-15)13(16)17/h3-9,16-17H,1-2H3. The highest BCUT2D eigenvalue weighted by Crippen LogP contribution is 2.16. The average molecular weight is 230 g/mol. The predicted octanol–water partition coefficient (Wildman–Crippen LogP) is 0.675. The van der Waals surface area contributed by atoms with Crippen LogP contribution in [0.4, 0.5) is 0 Å². The van der Waals surface area contributed by atoms with Crippen LogP contribution in [-0.2, 0) is 0 Å². The Hall–Kier alpha value is -1.59. The van der Waals surface area contributed by atoms with Crippen LogP contribution in [0, 0.1) is 0 Å². The Morgan fingerprint density at radius 2 is 1.82 bits per heavy atom. The fourth-order valence-corrected chi connectivity index (χ4v) is 1.62. The molecule has 0 saturated heterocycles. The zero-order valence-electron chi connectivity index (χ0n) is 9.91. The van der Waals surface area contributed by atoms with Gasteiger partial charge in [0, 0.05) is 17.9 Å². The predicted molar refractivity (Wildman–Crippen MR) is 67.5 cm³/mol. The van der Waals surface area contributed by atoms with Gasteiger partial charge in [-0.3, -0.25) is 0 Å². The minimum atomic E-state index is -1.47. The molecule has 0 aliphatic heterocycles. The summed E-state index contributed by atoms with van der Waals surface area (Å²) in [4.78, 5) is 0. The molecule has 4 nitrogen and oxygen atoms in total. The quantitative estimate of drug-likeness (QED) is 0.762. The summed E-state index contributed by atoms with van der Waals surface area (Å²) in [7, 11) is -1.47. The molecule has 0 aliphatic rings. The normalized spacial score (nSPS) is 10.9. The van der Waals surface area contributed by atoms with Crippen molar-refractivity contribution < 1.29 is 10.0 Å². The van der Waals surface area contributed by atoms with Gasteiger partial charge in [0.05, 0.1) is 5.69 Å². The van der Waals surface area contributed by atoms with Crippen molar-refractivity contribution in [1.29, 1.82) is 0 Å². The first-order chi connectivity index (χ1) is 8.08. The molecule has 0 spiro atoms. The summed E-state index contributed by atoms with van der Waals surface area (Å²) in [6.45, 7) is 4.28. The van der Waals surface area contributed by atoms with Crippen molar-refractivity contribution in [2.24, 2.45) is 0 Å². The number of hydrogen-bond donors (Lipinski definition) is 2. The zero-order chi connectivity index (χ0) is 12.4. The van der Waals surface area contributed by atoms with Gasteiger partial charge in [-0.25, -0.2) is 4.68 Å². The molecule has 2 aromatic rings.